The third-order valence-electron chi connectivity index (χ3n) is 4.06. The fourth-order valence-corrected chi connectivity index (χ4v) is 3.70. The van der Waals surface area contributed by atoms with Crippen molar-refractivity contribution in [3.8, 4) is 0 Å². The maximum atomic E-state index is 13.3. The second kappa shape index (κ2) is 6.70. The van der Waals surface area contributed by atoms with E-state index in [9.17, 15) is 4.39 Å². The Bertz CT molecular complexity index is 381. The smallest absolute Gasteiger partial charge is 0.126 e. The highest BCUT2D eigenvalue weighted by atomic mass is 79.9. The second-order valence-corrected chi connectivity index (χ2v) is 6.67. The van der Waals surface area contributed by atoms with Crippen LogP contribution in [0.15, 0.2) is 18.2 Å². The van der Waals surface area contributed by atoms with E-state index in [4.69, 9.17) is 0 Å². The first-order valence-electron chi connectivity index (χ1n) is 7.07. The summed E-state index contributed by atoms with van der Waals surface area (Å²) in [5, 5.41) is 0. The summed E-state index contributed by atoms with van der Waals surface area (Å²) in [6, 6.07) is 5.48. The molecule has 0 spiro atoms. The van der Waals surface area contributed by atoms with E-state index >= 15 is 0 Å². The van der Waals surface area contributed by atoms with Crippen molar-refractivity contribution >= 4 is 15.9 Å². The summed E-state index contributed by atoms with van der Waals surface area (Å²) in [5.41, 5.74) is 1.97. The summed E-state index contributed by atoms with van der Waals surface area (Å²) >= 11 is 3.78. The standard InChI is InChI=1S/C16H22BrF/c1-12-10-14(8-9-16(12)18)15(17)11-13-6-4-2-3-5-7-13/h8-10,13,15H,2-7,11H2,1H3. The number of aryl methyl sites for hydroxylation is 1. The van der Waals surface area contributed by atoms with Gasteiger partial charge in [-0.15, -0.1) is 0 Å². The first-order chi connectivity index (χ1) is 8.66. The summed E-state index contributed by atoms with van der Waals surface area (Å²) in [7, 11) is 0. The molecule has 1 aromatic rings. The van der Waals surface area contributed by atoms with Crippen molar-refractivity contribution in [2.75, 3.05) is 0 Å². The van der Waals surface area contributed by atoms with Gasteiger partial charge in [0.1, 0.15) is 5.82 Å². The van der Waals surface area contributed by atoms with Gasteiger partial charge in [-0.25, -0.2) is 4.39 Å². The zero-order valence-corrected chi connectivity index (χ0v) is 12.7. The summed E-state index contributed by atoms with van der Waals surface area (Å²) in [6.45, 7) is 1.84. The van der Waals surface area contributed by atoms with Gasteiger partial charge >= 0.3 is 0 Å². The molecule has 18 heavy (non-hydrogen) atoms. The highest BCUT2D eigenvalue weighted by molar-refractivity contribution is 9.09. The zero-order chi connectivity index (χ0) is 13.0. The van der Waals surface area contributed by atoms with Crippen molar-refractivity contribution in [1.29, 1.82) is 0 Å². The number of rotatable bonds is 3. The topological polar surface area (TPSA) is 0 Å². The van der Waals surface area contributed by atoms with Crippen molar-refractivity contribution in [3.05, 3.63) is 35.1 Å². The summed E-state index contributed by atoms with van der Waals surface area (Å²) < 4.78 is 13.3. The Kier molecular flexibility index (Phi) is 5.23. The molecule has 1 aliphatic rings. The maximum absolute atomic E-state index is 13.3. The predicted octanol–water partition coefficient (Wildman–Crippen LogP) is 5.93. The number of hydrogen-bond acceptors (Lipinski definition) is 0. The minimum Gasteiger partial charge on any atom is -0.207 e. The lowest BCUT2D eigenvalue weighted by atomic mass is 9.92. The van der Waals surface area contributed by atoms with E-state index < -0.39 is 0 Å². The third kappa shape index (κ3) is 3.81. The Morgan fingerprint density at radius 2 is 1.89 bits per heavy atom. The van der Waals surface area contributed by atoms with Crippen LogP contribution >= 0.6 is 15.9 Å². The summed E-state index contributed by atoms with van der Waals surface area (Å²) in [4.78, 5) is 0.375. The van der Waals surface area contributed by atoms with Crippen LogP contribution in [0.4, 0.5) is 4.39 Å². The van der Waals surface area contributed by atoms with Gasteiger partial charge < -0.3 is 0 Å². The van der Waals surface area contributed by atoms with E-state index in [1.807, 2.05) is 19.1 Å². The first-order valence-corrected chi connectivity index (χ1v) is 7.98. The van der Waals surface area contributed by atoms with E-state index in [1.165, 1.54) is 50.5 Å². The molecule has 1 fully saturated rings. The highest BCUT2D eigenvalue weighted by Gasteiger charge is 2.18. The average Bonchev–Trinajstić information content (AvgIpc) is 2.61. The van der Waals surface area contributed by atoms with Gasteiger partial charge in [0.15, 0.2) is 0 Å². The van der Waals surface area contributed by atoms with Gasteiger partial charge in [-0.05, 0) is 36.5 Å². The molecule has 1 aliphatic carbocycles. The van der Waals surface area contributed by atoms with Gasteiger partial charge in [-0.3, -0.25) is 0 Å². The monoisotopic (exact) mass is 312 g/mol. The lowest BCUT2D eigenvalue weighted by molar-refractivity contribution is 0.427. The van der Waals surface area contributed by atoms with Crippen LogP contribution in [0, 0.1) is 18.7 Å². The molecule has 1 unspecified atom stereocenters. The Morgan fingerprint density at radius 3 is 2.50 bits per heavy atom. The molecule has 100 valence electrons. The second-order valence-electron chi connectivity index (χ2n) is 5.57. The molecular formula is C16H22BrF. The Hall–Kier alpha value is -0.370. The van der Waals surface area contributed by atoms with Crippen LogP contribution in [0.1, 0.15) is 60.9 Å². The molecule has 1 saturated carbocycles. The van der Waals surface area contributed by atoms with Gasteiger partial charge in [-0.2, -0.15) is 0 Å². The molecule has 2 heteroatoms. The number of hydrogen-bond donors (Lipinski definition) is 0. The largest absolute Gasteiger partial charge is 0.207 e. The van der Waals surface area contributed by atoms with E-state index in [2.05, 4.69) is 15.9 Å². The van der Waals surface area contributed by atoms with Crippen LogP contribution in [0.2, 0.25) is 0 Å². The molecule has 0 aromatic heterocycles. The van der Waals surface area contributed by atoms with Gasteiger partial charge in [0, 0.05) is 4.83 Å². The molecule has 1 aromatic carbocycles. The molecule has 2 rings (SSSR count). The fourth-order valence-electron chi connectivity index (χ4n) is 2.89. The number of halogens is 2. The summed E-state index contributed by atoms with van der Waals surface area (Å²) in [6.07, 6.45) is 9.48. The fraction of sp³-hybridized carbons (Fsp3) is 0.625. The van der Waals surface area contributed by atoms with Gasteiger partial charge in [0.2, 0.25) is 0 Å². The Balaban J connectivity index is 1.97. The number of benzene rings is 1. The third-order valence-corrected chi connectivity index (χ3v) is 4.96. The lowest BCUT2D eigenvalue weighted by Gasteiger charge is -2.18. The van der Waals surface area contributed by atoms with Crippen LogP contribution in [0.25, 0.3) is 0 Å². The van der Waals surface area contributed by atoms with Crippen LogP contribution < -0.4 is 0 Å². The molecule has 1 atom stereocenters. The van der Waals surface area contributed by atoms with Crippen molar-refractivity contribution in [3.63, 3.8) is 0 Å². The molecule has 0 N–H and O–H groups in total. The van der Waals surface area contributed by atoms with Crippen molar-refractivity contribution in [1.82, 2.24) is 0 Å². The minimum absolute atomic E-state index is 0.104. The van der Waals surface area contributed by atoms with Crippen LogP contribution in [-0.4, -0.2) is 0 Å². The van der Waals surface area contributed by atoms with Crippen molar-refractivity contribution < 1.29 is 4.39 Å². The normalized spacial score (nSPS) is 19.5. The molecular weight excluding hydrogens is 291 g/mol. The highest BCUT2D eigenvalue weighted by Crippen LogP contribution is 2.36. The molecule has 0 bridgehead atoms. The quantitative estimate of drug-likeness (QED) is 0.479. The molecule has 0 aliphatic heterocycles. The van der Waals surface area contributed by atoms with Crippen LogP contribution in [0.3, 0.4) is 0 Å². The first kappa shape index (κ1) is 14.0. The minimum atomic E-state index is -0.104. The van der Waals surface area contributed by atoms with Gasteiger partial charge in [0.25, 0.3) is 0 Å². The van der Waals surface area contributed by atoms with E-state index in [0.29, 0.717) is 4.83 Å². The average molecular weight is 313 g/mol. The van der Waals surface area contributed by atoms with Gasteiger partial charge in [0.05, 0.1) is 0 Å². The van der Waals surface area contributed by atoms with Crippen molar-refractivity contribution in [2.45, 2.75) is 56.7 Å². The predicted molar refractivity (Wildman–Crippen MR) is 78.6 cm³/mol. The SMILES string of the molecule is Cc1cc(C(Br)CC2CCCCCC2)ccc1F. The Morgan fingerprint density at radius 1 is 1.22 bits per heavy atom. The summed E-state index contributed by atoms with van der Waals surface area (Å²) in [5.74, 6) is 0.732. The van der Waals surface area contributed by atoms with E-state index in [0.717, 1.165) is 11.5 Å². The molecule has 0 saturated heterocycles. The number of alkyl halides is 1. The molecule has 0 radical (unpaired) electrons. The van der Waals surface area contributed by atoms with Gasteiger partial charge in [-0.1, -0.05) is 66.6 Å². The van der Waals surface area contributed by atoms with E-state index in [1.54, 1.807) is 6.07 Å². The molecule has 0 nitrogen and oxygen atoms in total. The zero-order valence-electron chi connectivity index (χ0n) is 11.1. The Labute approximate surface area is 118 Å². The maximum Gasteiger partial charge on any atom is 0.126 e. The lowest BCUT2D eigenvalue weighted by Crippen LogP contribution is -2.03. The molecule has 0 amide bonds. The van der Waals surface area contributed by atoms with Crippen molar-refractivity contribution in [2.24, 2.45) is 5.92 Å². The van der Waals surface area contributed by atoms with Crippen LogP contribution in [-0.2, 0) is 0 Å². The van der Waals surface area contributed by atoms with Crippen LogP contribution in [0.5, 0.6) is 0 Å². The molecule has 0 heterocycles. The van der Waals surface area contributed by atoms with E-state index in [-0.39, 0.29) is 5.82 Å².